The molecule has 0 radical (unpaired) electrons. The molecule has 0 nitrogen and oxygen atoms in total. The lowest BCUT2D eigenvalue weighted by atomic mass is 10.0. The van der Waals surface area contributed by atoms with Crippen LogP contribution in [0, 0.1) is 0 Å². The third-order valence-electron chi connectivity index (χ3n) is 10.2. The number of unbranched alkanes of at least 4 members (excludes halogenated alkanes) is 15. The molecule has 0 saturated carbocycles. The largest absolute Gasteiger partial charge is 0.126 e. The Balaban J connectivity index is 0.000000286. The minimum Gasteiger partial charge on any atom is -0.126 e. The van der Waals surface area contributed by atoms with E-state index in [-0.39, 0.29) is 0 Å². The lowest BCUT2D eigenvalue weighted by Gasteiger charge is -2.07. The predicted octanol–water partition coefficient (Wildman–Crippen LogP) is 17.5. The Labute approximate surface area is 336 Å². The fourth-order valence-electron chi connectivity index (χ4n) is 6.69. The highest BCUT2D eigenvalue weighted by atomic mass is 32.2. The second kappa shape index (κ2) is 29.9. The van der Waals surface area contributed by atoms with Crippen molar-refractivity contribution in [1.82, 2.24) is 0 Å². The molecule has 4 aromatic rings. The fraction of sp³-hybridized carbons (Fsp3) is 0.529. The summed E-state index contributed by atoms with van der Waals surface area (Å²) in [6.45, 7) is 9.09. The van der Waals surface area contributed by atoms with E-state index in [1.165, 1.54) is 190 Å². The van der Waals surface area contributed by atoms with E-state index in [2.05, 4.69) is 125 Å². The van der Waals surface area contributed by atoms with Gasteiger partial charge in [0.05, 0.1) is 0 Å². The van der Waals surface area contributed by atoms with Gasteiger partial charge < -0.3 is 0 Å². The van der Waals surface area contributed by atoms with Gasteiger partial charge in [-0.1, -0.05) is 197 Å². The van der Waals surface area contributed by atoms with Crippen LogP contribution >= 0.6 is 23.5 Å². The summed E-state index contributed by atoms with van der Waals surface area (Å²) in [5.74, 6) is 2.48. The average Bonchev–Trinajstić information content (AvgIpc) is 3.20. The second-order valence-electron chi connectivity index (χ2n) is 14.9. The lowest BCUT2D eigenvalue weighted by Crippen LogP contribution is -1.87. The Hall–Kier alpha value is -2.42. The van der Waals surface area contributed by atoms with Crippen molar-refractivity contribution in [3.8, 4) is 22.3 Å². The number of hydrogen-bond donors (Lipinski definition) is 0. The smallest absolute Gasteiger partial charge is 0.00723 e. The number of thioether (sulfide) groups is 2. The molecule has 0 atom stereocenters. The zero-order valence-electron chi connectivity index (χ0n) is 34.3. The summed E-state index contributed by atoms with van der Waals surface area (Å²) in [6, 6.07) is 36.6. The molecule has 0 aliphatic heterocycles. The van der Waals surface area contributed by atoms with Gasteiger partial charge in [-0.2, -0.15) is 0 Å². The first-order valence-corrected chi connectivity index (χ1v) is 23.8. The maximum absolute atomic E-state index is 2.32. The quantitative estimate of drug-likeness (QED) is 0.0440. The third kappa shape index (κ3) is 20.2. The SMILES string of the molecule is CCCCCCCCc1ccc(-c2ccc(SCCCCC)cc2)cc1.CCCCCCCCc1ccc(-c2ccc(SCCCCCC)cc2)cc1. The van der Waals surface area contributed by atoms with Crippen LogP contribution < -0.4 is 0 Å². The molecule has 0 aromatic heterocycles. The van der Waals surface area contributed by atoms with Gasteiger partial charge in [0.25, 0.3) is 0 Å². The van der Waals surface area contributed by atoms with E-state index in [0.717, 1.165) is 0 Å². The normalized spacial score (nSPS) is 11.0. The van der Waals surface area contributed by atoms with Crippen molar-refractivity contribution < 1.29 is 0 Å². The molecule has 0 heterocycles. The molecule has 290 valence electrons. The Kier molecular flexibility index (Phi) is 25.4. The highest BCUT2D eigenvalue weighted by molar-refractivity contribution is 7.99. The molecule has 0 saturated heterocycles. The summed E-state index contributed by atoms with van der Waals surface area (Å²) in [6.07, 6.45) is 28.3. The Bertz CT molecular complexity index is 1400. The zero-order valence-corrected chi connectivity index (χ0v) is 36.0. The number of aryl methyl sites for hydroxylation is 2. The molecule has 0 bridgehead atoms. The van der Waals surface area contributed by atoms with E-state index >= 15 is 0 Å². The molecule has 0 spiro atoms. The van der Waals surface area contributed by atoms with Crippen molar-refractivity contribution >= 4 is 23.5 Å². The molecule has 0 unspecified atom stereocenters. The summed E-state index contributed by atoms with van der Waals surface area (Å²) in [7, 11) is 0. The standard InChI is InChI=1S/C26H38S.C25H36S/c1-3-5-7-9-10-11-13-23-14-16-24(17-15-23)25-18-20-26(21-19-25)27-22-12-8-6-4-2;1-3-5-7-8-9-10-12-22-13-15-23(16-14-22)24-17-19-25(20-18-24)26-21-11-6-4-2/h14-21H,3-13,22H2,1-2H3;13-20H,3-12,21H2,1-2H3. The first-order chi connectivity index (χ1) is 26.2. The van der Waals surface area contributed by atoms with Gasteiger partial charge in [-0.25, -0.2) is 0 Å². The molecule has 0 aliphatic carbocycles. The summed E-state index contributed by atoms with van der Waals surface area (Å²) in [5.41, 5.74) is 8.28. The van der Waals surface area contributed by atoms with E-state index in [1.807, 2.05) is 23.5 Å². The molecule has 4 aromatic carbocycles. The van der Waals surface area contributed by atoms with Gasteiger partial charge in [0, 0.05) is 9.79 Å². The van der Waals surface area contributed by atoms with Crippen molar-refractivity contribution in [3.05, 3.63) is 108 Å². The van der Waals surface area contributed by atoms with Crippen molar-refractivity contribution in [2.75, 3.05) is 11.5 Å². The van der Waals surface area contributed by atoms with Crippen molar-refractivity contribution in [3.63, 3.8) is 0 Å². The van der Waals surface area contributed by atoms with Gasteiger partial charge in [-0.3, -0.25) is 0 Å². The molecular formula is C51H74S2. The number of hydrogen-bond acceptors (Lipinski definition) is 2. The molecule has 0 aliphatic rings. The topological polar surface area (TPSA) is 0 Å². The van der Waals surface area contributed by atoms with Crippen LogP contribution in [0.2, 0.25) is 0 Å². The summed E-state index contributed by atoms with van der Waals surface area (Å²) in [4.78, 5) is 2.79. The average molecular weight is 751 g/mol. The van der Waals surface area contributed by atoms with Gasteiger partial charge in [0.15, 0.2) is 0 Å². The van der Waals surface area contributed by atoms with Crippen LogP contribution in [0.3, 0.4) is 0 Å². The number of benzene rings is 4. The van der Waals surface area contributed by atoms with Crippen molar-refractivity contribution in [2.24, 2.45) is 0 Å². The fourth-order valence-corrected chi connectivity index (χ4v) is 8.52. The van der Waals surface area contributed by atoms with E-state index in [1.54, 1.807) is 0 Å². The Morgan fingerprint density at radius 3 is 0.906 bits per heavy atom. The highest BCUT2D eigenvalue weighted by Crippen LogP contribution is 2.27. The molecule has 53 heavy (non-hydrogen) atoms. The van der Waals surface area contributed by atoms with Gasteiger partial charge in [0.2, 0.25) is 0 Å². The number of rotatable bonds is 27. The molecular weight excluding hydrogens is 677 g/mol. The third-order valence-corrected chi connectivity index (χ3v) is 12.4. The highest BCUT2D eigenvalue weighted by Gasteiger charge is 2.03. The van der Waals surface area contributed by atoms with Gasteiger partial charge >= 0.3 is 0 Å². The van der Waals surface area contributed by atoms with E-state index in [9.17, 15) is 0 Å². The van der Waals surface area contributed by atoms with E-state index in [4.69, 9.17) is 0 Å². The summed E-state index contributed by atoms with van der Waals surface area (Å²) < 4.78 is 0. The summed E-state index contributed by atoms with van der Waals surface area (Å²) in [5, 5.41) is 0. The maximum atomic E-state index is 2.32. The van der Waals surface area contributed by atoms with Crippen LogP contribution in [0.1, 0.15) is 161 Å². The van der Waals surface area contributed by atoms with E-state index in [0.29, 0.717) is 0 Å². The maximum Gasteiger partial charge on any atom is 0.00723 e. The minimum absolute atomic E-state index is 1.22. The van der Waals surface area contributed by atoms with Crippen LogP contribution in [0.25, 0.3) is 22.3 Å². The first kappa shape index (κ1) is 45.0. The lowest BCUT2D eigenvalue weighted by molar-refractivity contribution is 0.607. The first-order valence-electron chi connectivity index (χ1n) is 21.8. The van der Waals surface area contributed by atoms with Crippen LogP contribution in [-0.4, -0.2) is 11.5 Å². The van der Waals surface area contributed by atoms with Gasteiger partial charge in [-0.05, 0) is 108 Å². The monoisotopic (exact) mass is 751 g/mol. The van der Waals surface area contributed by atoms with Gasteiger partial charge in [0.1, 0.15) is 0 Å². The van der Waals surface area contributed by atoms with E-state index < -0.39 is 0 Å². The zero-order chi connectivity index (χ0) is 37.6. The molecule has 0 N–H and O–H groups in total. The Morgan fingerprint density at radius 2 is 0.547 bits per heavy atom. The molecule has 0 amide bonds. The predicted molar refractivity (Wildman–Crippen MR) is 243 cm³/mol. The van der Waals surface area contributed by atoms with Crippen LogP contribution in [-0.2, 0) is 12.8 Å². The van der Waals surface area contributed by atoms with Crippen molar-refractivity contribution in [1.29, 1.82) is 0 Å². The molecule has 4 rings (SSSR count). The Morgan fingerprint density at radius 1 is 0.283 bits per heavy atom. The second-order valence-corrected chi connectivity index (χ2v) is 17.3. The summed E-state index contributed by atoms with van der Waals surface area (Å²) >= 11 is 3.98. The minimum atomic E-state index is 1.22. The van der Waals surface area contributed by atoms with Crippen LogP contribution in [0.4, 0.5) is 0 Å². The van der Waals surface area contributed by atoms with Crippen LogP contribution in [0.5, 0.6) is 0 Å². The van der Waals surface area contributed by atoms with Crippen molar-refractivity contribution in [2.45, 2.75) is 172 Å². The molecule has 2 heteroatoms. The van der Waals surface area contributed by atoms with Gasteiger partial charge in [-0.15, -0.1) is 23.5 Å². The van der Waals surface area contributed by atoms with Crippen LogP contribution in [0.15, 0.2) is 107 Å². The molecule has 0 fully saturated rings.